The van der Waals surface area contributed by atoms with Gasteiger partial charge in [0.05, 0.1) is 26.4 Å². The molecule has 0 unspecified atom stereocenters. The summed E-state index contributed by atoms with van der Waals surface area (Å²) in [5.41, 5.74) is 23.6. The molecule has 59 heavy (non-hydrogen) atoms. The van der Waals surface area contributed by atoms with Gasteiger partial charge in [0.15, 0.2) is 15.4 Å². The molecule has 8 N–H and O–H groups in total. The molecule has 20 heteroatoms. The highest BCUT2D eigenvalue weighted by Gasteiger charge is 2.08. The van der Waals surface area contributed by atoms with E-state index in [4.69, 9.17) is 57.1 Å². The molecular weight excluding hydrogens is 1150 g/mol. The second-order valence-electron chi connectivity index (χ2n) is 10.9. The van der Waals surface area contributed by atoms with Gasteiger partial charge in [0, 0.05) is 34.5 Å². The molecule has 0 spiro atoms. The molecule has 0 aliphatic carbocycles. The maximum Gasteiger partial charge on any atom is 0.168 e. The number of anilines is 1. The zero-order valence-electron chi connectivity index (χ0n) is 31.0. The van der Waals surface area contributed by atoms with Crippen molar-refractivity contribution in [2.75, 3.05) is 11.9 Å². The van der Waals surface area contributed by atoms with E-state index >= 15 is 0 Å². The van der Waals surface area contributed by atoms with Crippen LogP contribution in [-0.2, 0) is 22.2 Å². The number of amidine groups is 2. The van der Waals surface area contributed by atoms with E-state index < -0.39 is 17.5 Å². The van der Waals surface area contributed by atoms with E-state index in [9.17, 15) is 13.2 Å². The lowest BCUT2D eigenvalue weighted by molar-refractivity contribution is 0.318. The molecule has 0 heterocycles. The Hall–Kier alpha value is -2.03. The van der Waals surface area contributed by atoms with Gasteiger partial charge in [-0.1, -0.05) is 139 Å². The molecule has 5 aromatic rings. The van der Waals surface area contributed by atoms with E-state index in [2.05, 4.69) is 83.6 Å². The molecule has 0 saturated heterocycles. The average Bonchev–Trinajstić information content (AvgIpc) is 3.18. The molecule has 0 aliphatic heterocycles. The van der Waals surface area contributed by atoms with Gasteiger partial charge in [0.25, 0.3) is 0 Å². The summed E-state index contributed by atoms with van der Waals surface area (Å²) >= 11 is 31.2. The Kier molecular flexibility index (Phi) is 30.7. The van der Waals surface area contributed by atoms with Gasteiger partial charge in [0.2, 0.25) is 0 Å². The van der Waals surface area contributed by atoms with Gasteiger partial charge in [-0.15, -0.1) is 34.0 Å². The van der Waals surface area contributed by atoms with Crippen molar-refractivity contribution in [3.8, 4) is 0 Å². The Morgan fingerprint density at radius 3 is 1.31 bits per heavy atom. The summed E-state index contributed by atoms with van der Waals surface area (Å²) in [6.45, 7) is 1.93. The number of thiocarbonyl (C=S) groups is 1. The first-order valence-corrected chi connectivity index (χ1v) is 22.2. The first-order chi connectivity index (χ1) is 27.2. The average molecular weight is 1190 g/mol. The van der Waals surface area contributed by atoms with Gasteiger partial charge in [-0.25, -0.2) is 23.2 Å². The molecule has 0 fully saturated rings. The molecule has 0 bridgehead atoms. The first kappa shape index (κ1) is 57.0. The zero-order chi connectivity index (χ0) is 42.3. The molecule has 5 rings (SSSR count). The van der Waals surface area contributed by atoms with Crippen molar-refractivity contribution in [2.45, 2.75) is 29.1 Å². The molecule has 320 valence electrons. The van der Waals surface area contributed by atoms with Gasteiger partial charge in [0.1, 0.15) is 17.5 Å². The van der Waals surface area contributed by atoms with E-state index in [1.807, 2.05) is 24.3 Å². The minimum atomic E-state index is -0.506. The normalized spacial score (nSPS) is 10.5. The molecule has 7 nitrogen and oxygen atoms in total. The van der Waals surface area contributed by atoms with Crippen molar-refractivity contribution in [2.24, 2.45) is 27.2 Å². The molecular formula is C39H40Br4Cl3F3N6OS3. The number of halogens is 10. The van der Waals surface area contributed by atoms with Gasteiger partial charge < -0.3 is 27.6 Å². The first-order valence-electron chi connectivity index (χ1n) is 16.4. The van der Waals surface area contributed by atoms with Crippen LogP contribution in [0.1, 0.15) is 29.2 Å². The van der Waals surface area contributed by atoms with Gasteiger partial charge in [-0.05, 0) is 96.0 Å². The third-order valence-corrected chi connectivity index (χ3v) is 10.6. The number of thioether (sulfide) groups is 2. The molecule has 0 saturated carbocycles. The number of aliphatic imine (C=N–C) groups is 2. The highest BCUT2D eigenvalue weighted by Crippen LogP contribution is 2.27. The Morgan fingerprint density at radius 1 is 0.644 bits per heavy atom. The number of aliphatic hydroxyl groups is 1. The smallest absolute Gasteiger partial charge is 0.168 e. The third-order valence-electron chi connectivity index (χ3n) is 6.75. The summed E-state index contributed by atoms with van der Waals surface area (Å²) in [4.78, 5) is 8.53. The van der Waals surface area contributed by atoms with E-state index in [1.54, 1.807) is 6.92 Å². The number of hydrogen-bond donors (Lipinski definition) is 5. The number of hydrogen-bond acceptors (Lipinski definition) is 6. The van der Waals surface area contributed by atoms with Crippen molar-refractivity contribution < 1.29 is 18.3 Å². The maximum absolute atomic E-state index is 13.3. The van der Waals surface area contributed by atoms with Crippen LogP contribution in [0.25, 0.3) is 0 Å². The second-order valence-corrected chi connectivity index (χ2v) is 15.7. The predicted molar refractivity (Wildman–Crippen MR) is 271 cm³/mol. The molecule has 0 atom stereocenters. The van der Waals surface area contributed by atoms with Crippen LogP contribution in [0, 0.1) is 17.5 Å². The molecule has 0 amide bonds. The topological polar surface area (TPSA) is 135 Å². The van der Waals surface area contributed by atoms with Crippen LogP contribution in [-0.4, -0.2) is 27.2 Å². The monoisotopic (exact) mass is 1180 g/mol. The van der Waals surface area contributed by atoms with Crippen LogP contribution in [0.5, 0.6) is 0 Å². The number of rotatable bonds is 9. The minimum absolute atomic E-state index is 0. The quantitative estimate of drug-likeness (QED) is 0.0426. The van der Waals surface area contributed by atoms with Crippen LogP contribution >= 0.6 is 136 Å². The predicted octanol–water partition coefficient (Wildman–Crippen LogP) is 13.8. The third kappa shape index (κ3) is 22.6. The number of alkyl halides is 2. The Balaban J connectivity index is 0.00000102. The summed E-state index contributed by atoms with van der Waals surface area (Å²) in [7, 11) is 0. The molecule has 0 aromatic heterocycles. The molecule has 5 aromatic carbocycles. The van der Waals surface area contributed by atoms with E-state index in [-0.39, 0.29) is 60.8 Å². The Bertz CT molecular complexity index is 2020. The fourth-order valence-corrected chi connectivity index (χ4v) is 7.36. The summed E-state index contributed by atoms with van der Waals surface area (Å²) in [5, 5.41) is 12.9. The van der Waals surface area contributed by atoms with Crippen molar-refractivity contribution in [1.82, 2.24) is 0 Å². The largest absolute Gasteiger partial charge is 0.397 e. The maximum atomic E-state index is 13.3. The van der Waals surface area contributed by atoms with Crippen molar-refractivity contribution in [3.63, 3.8) is 0 Å². The van der Waals surface area contributed by atoms with Gasteiger partial charge in [-0.3, -0.25) is 0 Å². The van der Waals surface area contributed by atoms with Crippen LogP contribution in [0.3, 0.4) is 0 Å². The molecule has 0 radical (unpaired) electrons. The number of nitrogens with one attached hydrogen (secondary N) is 1. The van der Waals surface area contributed by atoms with Crippen LogP contribution in [0.2, 0.25) is 15.1 Å². The molecule has 0 aliphatic rings. The lowest BCUT2D eigenvalue weighted by atomic mass is 10.1. The lowest BCUT2D eigenvalue weighted by Gasteiger charge is -2.09. The van der Waals surface area contributed by atoms with Crippen molar-refractivity contribution in [1.29, 1.82) is 0 Å². The Morgan fingerprint density at radius 2 is 0.983 bits per heavy atom. The van der Waals surface area contributed by atoms with Crippen molar-refractivity contribution >= 4 is 169 Å². The summed E-state index contributed by atoms with van der Waals surface area (Å²) in [6, 6.07) is 28.8. The summed E-state index contributed by atoms with van der Waals surface area (Å²) in [5.74, 6) is -0.301. The van der Waals surface area contributed by atoms with Crippen LogP contribution in [0.4, 0.5) is 30.2 Å². The van der Waals surface area contributed by atoms with E-state index in [0.717, 1.165) is 21.8 Å². The van der Waals surface area contributed by atoms with Crippen molar-refractivity contribution in [3.05, 3.63) is 158 Å². The lowest BCUT2D eigenvalue weighted by Crippen LogP contribution is -2.18. The van der Waals surface area contributed by atoms with Gasteiger partial charge >= 0.3 is 0 Å². The number of nitrogens with zero attached hydrogens (tertiary/aromatic N) is 2. The fraction of sp³-hybridized carbons (Fsp3) is 0.154. The number of benzene rings is 5. The Labute approximate surface area is 409 Å². The van der Waals surface area contributed by atoms with Crippen LogP contribution in [0.15, 0.2) is 113 Å². The van der Waals surface area contributed by atoms with Gasteiger partial charge in [-0.2, -0.15) is 0 Å². The highest BCUT2D eigenvalue weighted by molar-refractivity contribution is 9.09. The second kappa shape index (κ2) is 31.8. The fourth-order valence-electron chi connectivity index (χ4n) is 4.11. The van der Waals surface area contributed by atoms with Crippen LogP contribution < -0.4 is 22.5 Å². The standard InChI is InChI=1S/C22H18Cl2F2N4S2.C8H8Br2.C7H6ClFN2S.C2H6O.2BrH/c23-17-9-15(5-7-19(17)25)29-21(27)31-11-13-3-1-2-4-14(13)12-32-22(28)30-16-6-8-20(26)18(24)10-16;9-5-7-3-1-2-4-8(7)6-10;8-5-3-4(11-7(10)12)1-2-6(5)9;1-2-3;;/h1-10H,11-12H2,(H2,27,29)(H2,28,30);1-4H,5-6H2;1-3H,(H3,10,11,12);3H,2H2,1H3;2*1H. The summed E-state index contributed by atoms with van der Waals surface area (Å²) in [6.07, 6.45) is 0. The summed E-state index contributed by atoms with van der Waals surface area (Å²) < 4.78 is 39.2. The zero-order valence-corrected chi connectivity index (χ0v) is 42.3. The number of aliphatic hydroxyl groups excluding tert-OH is 1. The highest BCUT2D eigenvalue weighted by atomic mass is 79.9. The SMILES string of the molecule is Br.Br.BrCc1ccccc1CBr.CCO.NC(=Nc1ccc(F)c(Cl)c1)SCc1ccccc1CSC(N)=Nc1ccc(F)c(Cl)c1.NC(=S)Nc1ccc(F)c(Cl)c1. The number of nitrogens with two attached hydrogens (primary N) is 3. The van der Waals surface area contributed by atoms with E-state index in [0.29, 0.717) is 38.9 Å². The van der Waals surface area contributed by atoms with E-state index in [1.165, 1.54) is 89.2 Å². The minimum Gasteiger partial charge on any atom is -0.397 e.